The summed E-state index contributed by atoms with van der Waals surface area (Å²) in [6.45, 7) is -0.403. The first-order valence-corrected chi connectivity index (χ1v) is 11.8. The SMILES string of the molecule is COc1ccccc1NC(=O)COC(=O)c1c2c(nc3ccccc13)/C(=C\c1cccs1)CC2. The van der Waals surface area contributed by atoms with Gasteiger partial charge < -0.3 is 14.8 Å². The molecule has 2 aromatic heterocycles. The molecule has 1 amide bonds. The Kier molecular flexibility index (Phi) is 6.10. The van der Waals surface area contributed by atoms with Gasteiger partial charge in [-0.05, 0) is 59.7 Å². The minimum absolute atomic E-state index is 0.403. The van der Waals surface area contributed by atoms with Crippen molar-refractivity contribution in [2.45, 2.75) is 12.8 Å². The molecule has 1 aliphatic carbocycles. The molecule has 0 unspecified atom stereocenters. The highest BCUT2D eigenvalue weighted by Crippen LogP contribution is 2.38. The lowest BCUT2D eigenvalue weighted by molar-refractivity contribution is -0.119. The summed E-state index contributed by atoms with van der Waals surface area (Å²) in [5, 5.41) is 5.50. The minimum Gasteiger partial charge on any atom is -0.495 e. The molecule has 2 aromatic carbocycles. The van der Waals surface area contributed by atoms with Gasteiger partial charge in [-0.1, -0.05) is 36.4 Å². The van der Waals surface area contributed by atoms with E-state index in [9.17, 15) is 9.59 Å². The molecular formula is C27H22N2O4S. The number of anilines is 1. The van der Waals surface area contributed by atoms with Crippen LogP contribution in [-0.4, -0.2) is 30.6 Å². The van der Waals surface area contributed by atoms with Crippen LogP contribution in [0, 0.1) is 0 Å². The molecule has 7 heteroatoms. The van der Waals surface area contributed by atoms with Gasteiger partial charge in [0.15, 0.2) is 6.61 Å². The normalized spacial score (nSPS) is 13.6. The Morgan fingerprint density at radius 2 is 1.88 bits per heavy atom. The molecule has 1 aliphatic rings. The molecule has 1 N–H and O–H groups in total. The van der Waals surface area contributed by atoms with Crippen LogP contribution in [0.25, 0.3) is 22.6 Å². The number of amides is 1. The third-order valence-corrected chi connectivity index (χ3v) is 6.54. The minimum atomic E-state index is -0.526. The van der Waals surface area contributed by atoms with Crippen LogP contribution < -0.4 is 10.1 Å². The van der Waals surface area contributed by atoms with Gasteiger partial charge in [-0.2, -0.15) is 0 Å². The fraction of sp³-hybridized carbons (Fsp3) is 0.148. The lowest BCUT2D eigenvalue weighted by Gasteiger charge is -2.13. The van der Waals surface area contributed by atoms with Gasteiger partial charge in [0, 0.05) is 10.3 Å². The monoisotopic (exact) mass is 470 g/mol. The number of fused-ring (bicyclic) bond motifs is 2. The van der Waals surface area contributed by atoms with Gasteiger partial charge >= 0.3 is 5.97 Å². The van der Waals surface area contributed by atoms with Gasteiger partial charge in [0.2, 0.25) is 0 Å². The standard InChI is InChI=1S/C27H22N2O4S/c1-32-23-11-5-4-10-22(23)28-24(30)16-33-27(31)25-19-8-2-3-9-21(19)29-26-17(12-13-20(25)26)15-18-7-6-14-34-18/h2-11,14-15H,12-13,16H2,1H3,(H,28,30)/b17-15-. The smallest absolute Gasteiger partial charge is 0.339 e. The number of carbonyl (C=O) groups is 2. The van der Waals surface area contributed by atoms with Crippen LogP contribution in [0.5, 0.6) is 5.75 Å². The van der Waals surface area contributed by atoms with E-state index in [1.165, 1.54) is 7.11 Å². The average Bonchev–Trinajstić information content (AvgIpc) is 3.52. The number of rotatable bonds is 6. The summed E-state index contributed by atoms with van der Waals surface area (Å²) < 4.78 is 10.7. The van der Waals surface area contributed by atoms with Crippen molar-refractivity contribution in [2.75, 3.05) is 19.0 Å². The average molecular weight is 471 g/mol. The predicted molar refractivity (Wildman–Crippen MR) is 134 cm³/mol. The molecule has 0 atom stereocenters. The molecule has 2 heterocycles. The molecule has 170 valence electrons. The molecule has 0 fully saturated rings. The summed E-state index contributed by atoms with van der Waals surface area (Å²) in [4.78, 5) is 31.7. The predicted octanol–water partition coefficient (Wildman–Crippen LogP) is 5.59. The van der Waals surface area contributed by atoms with Crippen LogP contribution >= 0.6 is 11.3 Å². The number of nitrogens with zero attached hydrogens (tertiary/aromatic N) is 1. The largest absolute Gasteiger partial charge is 0.495 e. The van der Waals surface area contributed by atoms with Crippen molar-refractivity contribution in [1.29, 1.82) is 0 Å². The number of benzene rings is 2. The second-order valence-corrected chi connectivity index (χ2v) is 8.82. The Hall–Kier alpha value is -3.97. The van der Waals surface area contributed by atoms with E-state index in [0.717, 1.165) is 39.0 Å². The van der Waals surface area contributed by atoms with E-state index < -0.39 is 18.5 Å². The Labute approximate surface area is 200 Å². The van der Waals surface area contributed by atoms with Gasteiger partial charge in [-0.3, -0.25) is 4.79 Å². The molecule has 34 heavy (non-hydrogen) atoms. The van der Waals surface area contributed by atoms with Gasteiger partial charge in [0.05, 0.1) is 29.6 Å². The lowest BCUT2D eigenvalue weighted by Crippen LogP contribution is -2.22. The van der Waals surface area contributed by atoms with E-state index in [0.29, 0.717) is 23.4 Å². The van der Waals surface area contributed by atoms with Crippen molar-refractivity contribution in [2.24, 2.45) is 0 Å². The Morgan fingerprint density at radius 3 is 2.71 bits per heavy atom. The lowest BCUT2D eigenvalue weighted by atomic mass is 10.0. The first-order valence-electron chi connectivity index (χ1n) is 10.9. The highest BCUT2D eigenvalue weighted by atomic mass is 32.1. The number of aromatic nitrogens is 1. The van der Waals surface area contributed by atoms with E-state index >= 15 is 0 Å². The molecule has 0 aliphatic heterocycles. The number of ether oxygens (including phenoxy) is 2. The maximum absolute atomic E-state index is 13.2. The van der Waals surface area contributed by atoms with E-state index in [1.807, 2.05) is 41.8 Å². The Bertz CT molecular complexity index is 1410. The zero-order chi connectivity index (χ0) is 23.5. The molecule has 0 spiro atoms. The second kappa shape index (κ2) is 9.49. The summed E-state index contributed by atoms with van der Waals surface area (Å²) in [5.41, 5.74) is 4.54. The number of thiophene rings is 1. The van der Waals surface area contributed by atoms with Crippen molar-refractivity contribution in [1.82, 2.24) is 4.98 Å². The van der Waals surface area contributed by atoms with Gasteiger partial charge in [0.1, 0.15) is 5.75 Å². The Morgan fingerprint density at radius 1 is 1.06 bits per heavy atom. The number of allylic oxidation sites excluding steroid dienone is 1. The summed E-state index contributed by atoms with van der Waals surface area (Å²) in [5.74, 6) is -0.432. The van der Waals surface area contributed by atoms with Gasteiger partial charge in [-0.15, -0.1) is 11.3 Å². The van der Waals surface area contributed by atoms with Crippen molar-refractivity contribution < 1.29 is 19.1 Å². The molecule has 5 rings (SSSR count). The first kappa shape index (κ1) is 21.9. The molecule has 0 saturated heterocycles. The second-order valence-electron chi connectivity index (χ2n) is 7.84. The number of para-hydroxylation sites is 3. The summed E-state index contributed by atoms with van der Waals surface area (Å²) in [6.07, 6.45) is 3.63. The quantitative estimate of drug-likeness (QED) is 0.372. The third-order valence-electron chi connectivity index (χ3n) is 5.72. The molecular weight excluding hydrogens is 448 g/mol. The fourth-order valence-corrected chi connectivity index (χ4v) is 4.88. The summed E-state index contributed by atoms with van der Waals surface area (Å²) in [7, 11) is 1.53. The van der Waals surface area contributed by atoms with Gasteiger partial charge in [0.25, 0.3) is 5.91 Å². The molecule has 0 saturated carbocycles. The van der Waals surface area contributed by atoms with Gasteiger partial charge in [-0.25, -0.2) is 9.78 Å². The zero-order valence-corrected chi connectivity index (χ0v) is 19.4. The van der Waals surface area contributed by atoms with Crippen molar-refractivity contribution in [3.63, 3.8) is 0 Å². The first-order chi connectivity index (χ1) is 16.6. The third kappa shape index (κ3) is 4.30. The molecule has 0 radical (unpaired) electrons. The van der Waals surface area contributed by atoms with Crippen LogP contribution in [-0.2, 0) is 16.0 Å². The van der Waals surface area contributed by atoms with E-state index in [2.05, 4.69) is 17.5 Å². The highest BCUT2D eigenvalue weighted by Gasteiger charge is 2.28. The highest BCUT2D eigenvalue weighted by molar-refractivity contribution is 7.10. The van der Waals surface area contributed by atoms with E-state index in [4.69, 9.17) is 14.5 Å². The summed E-state index contributed by atoms with van der Waals surface area (Å²) >= 11 is 1.66. The molecule has 6 nitrogen and oxygen atoms in total. The van der Waals surface area contributed by atoms with Crippen molar-refractivity contribution >= 4 is 51.5 Å². The zero-order valence-electron chi connectivity index (χ0n) is 18.5. The number of nitrogens with one attached hydrogen (secondary N) is 1. The summed E-state index contributed by atoms with van der Waals surface area (Å²) in [6, 6.07) is 18.7. The number of esters is 1. The number of pyridine rings is 1. The number of hydrogen-bond acceptors (Lipinski definition) is 6. The number of carbonyl (C=O) groups excluding carboxylic acids is 2. The maximum atomic E-state index is 13.2. The van der Waals surface area contributed by atoms with Crippen LogP contribution in [0.15, 0.2) is 66.0 Å². The number of hydrogen-bond donors (Lipinski definition) is 1. The fourth-order valence-electron chi connectivity index (χ4n) is 4.19. The van der Waals surface area contributed by atoms with Crippen molar-refractivity contribution in [3.8, 4) is 5.75 Å². The van der Waals surface area contributed by atoms with Crippen LogP contribution in [0.3, 0.4) is 0 Å². The molecule has 4 aromatic rings. The Balaban J connectivity index is 1.42. The van der Waals surface area contributed by atoms with Crippen LogP contribution in [0.1, 0.15) is 32.9 Å². The van der Waals surface area contributed by atoms with Crippen molar-refractivity contribution in [3.05, 3.63) is 87.7 Å². The maximum Gasteiger partial charge on any atom is 0.339 e. The van der Waals surface area contributed by atoms with Crippen LogP contribution in [0.2, 0.25) is 0 Å². The van der Waals surface area contributed by atoms with E-state index in [1.54, 1.807) is 29.5 Å². The van der Waals surface area contributed by atoms with E-state index in [-0.39, 0.29) is 0 Å². The topological polar surface area (TPSA) is 77.5 Å². The molecule has 0 bridgehead atoms. The number of methoxy groups -OCH3 is 1. The van der Waals surface area contributed by atoms with Crippen LogP contribution in [0.4, 0.5) is 5.69 Å².